The van der Waals surface area contributed by atoms with Crippen LogP contribution in [0, 0.1) is 0 Å². The third kappa shape index (κ3) is 3.81. The second-order valence-electron chi connectivity index (χ2n) is 3.69. The number of aliphatic carboxylic acids is 1. The number of carbonyl (C=O) groups is 2. The highest BCUT2D eigenvalue weighted by Gasteiger charge is 2.23. The molecule has 1 heterocycles. The van der Waals surface area contributed by atoms with Crippen LogP contribution in [0.25, 0.3) is 0 Å². The summed E-state index contributed by atoms with van der Waals surface area (Å²) in [5.74, 6) is -1.22. The van der Waals surface area contributed by atoms with E-state index in [2.05, 4.69) is 15.9 Å². The lowest BCUT2D eigenvalue weighted by Gasteiger charge is -2.26. The molecule has 1 rings (SSSR count). The first-order valence-electron chi connectivity index (χ1n) is 5.23. The van der Waals surface area contributed by atoms with Gasteiger partial charge in [0.2, 0.25) is 0 Å². The van der Waals surface area contributed by atoms with Crippen molar-refractivity contribution < 1.29 is 14.7 Å². The molecule has 0 aliphatic heterocycles. The van der Waals surface area contributed by atoms with Crippen molar-refractivity contribution in [1.82, 2.24) is 4.90 Å². The molecule has 0 saturated carbocycles. The van der Waals surface area contributed by atoms with Crippen LogP contribution < -0.4 is 0 Å². The molecule has 0 bridgehead atoms. The van der Waals surface area contributed by atoms with E-state index in [1.165, 1.54) is 16.2 Å². The van der Waals surface area contributed by atoms with E-state index in [0.29, 0.717) is 4.88 Å². The molecule has 1 unspecified atom stereocenters. The second-order valence-corrected chi connectivity index (χ2v) is 6.15. The Balaban J connectivity index is 2.89. The normalized spacial score (nSPS) is 12.2. The molecule has 1 N–H and O–H groups in total. The van der Waals surface area contributed by atoms with Crippen molar-refractivity contribution in [3.8, 4) is 0 Å². The zero-order valence-corrected chi connectivity index (χ0v) is 12.0. The van der Waals surface area contributed by atoms with Crippen LogP contribution in [0.5, 0.6) is 0 Å². The van der Waals surface area contributed by atoms with Gasteiger partial charge in [-0.2, -0.15) is 0 Å². The highest BCUT2D eigenvalue weighted by atomic mass is 79.9. The van der Waals surface area contributed by atoms with Gasteiger partial charge in [-0.15, -0.1) is 11.3 Å². The summed E-state index contributed by atoms with van der Waals surface area (Å²) in [4.78, 5) is 24.9. The molecular formula is C11H14BrNO3S. The van der Waals surface area contributed by atoms with Crippen LogP contribution in [0.4, 0.5) is 0 Å². The summed E-state index contributed by atoms with van der Waals surface area (Å²) in [6.07, 6.45) is 0.728. The maximum absolute atomic E-state index is 12.1. The first-order valence-corrected chi connectivity index (χ1v) is 6.84. The molecule has 1 aromatic rings. The molecule has 0 aliphatic rings. The molecule has 1 amide bonds. The lowest BCUT2D eigenvalue weighted by molar-refractivity contribution is -0.138. The summed E-state index contributed by atoms with van der Waals surface area (Å²) in [6, 6.07) is 3.40. The first-order chi connectivity index (χ1) is 7.95. The summed E-state index contributed by atoms with van der Waals surface area (Å²) in [5, 5.41) is 8.83. The molecule has 17 heavy (non-hydrogen) atoms. The summed E-state index contributed by atoms with van der Waals surface area (Å²) < 4.78 is 0.861. The molecular weight excluding hydrogens is 306 g/mol. The molecule has 0 saturated heterocycles. The van der Waals surface area contributed by atoms with Crippen molar-refractivity contribution in [2.45, 2.75) is 26.3 Å². The number of nitrogens with zero attached hydrogens (tertiary/aromatic N) is 1. The Morgan fingerprint density at radius 2 is 2.18 bits per heavy atom. The highest BCUT2D eigenvalue weighted by Crippen LogP contribution is 2.24. The predicted molar refractivity (Wildman–Crippen MR) is 70.4 cm³/mol. The third-order valence-corrected chi connectivity index (χ3v) is 4.08. The largest absolute Gasteiger partial charge is 0.480 e. The Morgan fingerprint density at radius 3 is 2.59 bits per heavy atom. The van der Waals surface area contributed by atoms with Gasteiger partial charge in [0, 0.05) is 6.04 Å². The second kappa shape index (κ2) is 6.16. The van der Waals surface area contributed by atoms with E-state index >= 15 is 0 Å². The average Bonchev–Trinajstić information content (AvgIpc) is 2.70. The van der Waals surface area contributed by atoms with Gasteiger partial charge in [-0.1, -0.05) is 6.92 Å². The zero-order valence-electron chi connectivity index (χ0n) is 9.64. The number of carboxylic acid groups (broad SMARTS) is 1. The Morgan fingerprint density at radius 1 is 1.53 bits per heavy atom. The topological polar surface area (TPSA) is 57.6 Å². The van der Waals surface area contributed by atoms with Gasteiger partial charge in [-0.05, 0) is 41.4 Å². The van der Waals surface area contributed by atoms with Crippen LogP contribution in [0.1, 0.15) is 29.9 Å². The number of hydrogen-bond donors (Lipinski definition) is 1. The molecule has 1 aromatic heterocycles. The van der Waals surface area contributed by atoms with Gasteiger partial charge in [0.15, 0.2) is 0 Å². The third-order valence-electron chi connectivity index (χ3n) is 2.47. The minimum Gasteiger partial charge on any atom is -0.480 e. The minimum absolute atomic E-state index is 0.0838. The number of rotatable bonds is 5. The Hall–Kier alpha value is -0.880. The summed E-state index contributed by atoms with van der Waals surface area (Å²) in [6.45, 7) is 3.52. The van der Waals surface area contributed by atoms with Crippen molar-refractivity contribution in [2.24, 2.45) is 0 Å². The number of thiophene rings is 1. The zero-order chi connectivity index (χ0) is 13.0. The predicted octanol–water partition coefficient (Wildman–Crippen LogP) is 2.84. The molecule has 0 radical (unpaired) electrons. The van der Waals surface area contributed by atoms with Crippen molar-refractivity contribution in [3.63, 3.8) is 0 Å². The van der Waals surface area contributed by atoms with Gasteiger partial charge in [0.25, 0.3) is 5.91 Å². The van der Waals surface area contributed by atoms with Crippen LogP contribution in [0.15, 0.2) is 15.9 Å². The van der Waals surface area contributed by atoms with E-state index in [9.17, 15) is 9.59 Å². The fourth-order valence-corrected chi connectivity index (χ4v) is 2.71. The van der Waals surface area contributed by atoms with E-state index in [4.69, 9.17) is 5.11 Å². The van der Waals surface area contributed by atoms with E-state index in [-0.39, 0.29) is 18.5 Å². The molecule has 0 aromatic carbocycles. The molecule has 6 heteroatoms. The standard InChI is InChI=1S/C11H14BrNO3S/c1-3-7(2)13(6-10(14)15)11(16)8-4-5-9(12)17-8/h4-5,7H,3,6H2,1-2H3,(H,14,15). The van der Waals surface area contributed by atoms with E-state index < -0.39 is 5.97 Å². The number of carbonyl (C=O) groups excluding carboxylic acids is 1. The average molecular weight is 320 g/mol. The van der Waals surface area contributed by atoms with Gasteiger partial charge in [-0.3, -0.25) is 9.59 Å². The van der Waals surface area contributed by atoms with Crippen molar-refractivity contribution >= 4 is 39.1 Å². The maximum atomic E-state index is 12.1. The summed E-state index contributed by atoms with van der Waals surface area (Å²) in [7, 11) is 0. The molecule has 0 aliphatic carbocycles. The lowest BCUT2D eigenvalue weighted by atomic mass is 10.2. The van der Waals surface area contributed by atoms with Gasteiger partial charge < -0.3 is 10.0 Å². The maximum Gasteiger partial charge on any atom is 0.323 e. The fraction of sp³-hybridized carbons (Fsp3) is 0.455. The van der Waals surface area contributed by atoms with E-state index in [1.54, 1.807) is 12.1 Å². The smallest absolute Gasteiger partial charge is 0.323 e. The van der Waals surface area contributed by atoms with Crippen molar-refractivity contribution in [1.29, 1.82) is 0 Å². The monoisotopic (exact) mass is 319 g/mol. The molecule has 0 spiro atoms. The van der Waals surface area contributed by atoms with Crippen molar-refractivity contribution in [3.05, 3.63) is 20.8 Å². The fourth-order valence-electron chi connectivity index (χ4n) is 1.36. The lowest BCUT2D eigenvalue weighted by Crippen LogP contribution is -2.41. The Kier molecular flexibility index (Phi) is 5.14. The minimum atomic E-state index is -0.991. The molecule has 1 atom stereocenters. The Bertz CT molecular complexity index is 419. The van der Waals surface area contributed by atoms with Crippen LogP contribution in [0.2, 0.25) is 0 Å². The highest BCUT2D eigenvalue weighted by molar-refractivity contribution is 9.11. The molecule has 0 fully saturated rings. The van der Waals surface area contributed by atoms with Crippen LogP contribution in [0.3, 0.4) is 0 Å². The van der Waals surface area contributed by atoms with Gasteiger partial charge >= 0.3 is 5.97 Å². The van der Waals surface area contributed by atoms with E-state index in [0.717, 1.165) is 10.2 Å². The number of halogens is 1. The summed E-state index contributed by atoms with van der Waals surface area (Å²) in [5.41, 5.74) is 0. The first kappa shape index (κ1) is 14.2. The molecule has 4 nitrogen and oxygen atoms in total. The number of carboxylic acids is 1. The molecule has 94 valence electrons. The van der Waals surface area contributed by atoms with Gasteiger partial charge in [0.1, 0.15) is 6.54 Å². The van der Waals surface area contributed by atoms with Crippen LogP contribution in [-0.4, -0.2) is 34.5 Å². The number of hydrogen-bond acceptors (Lipinski definition) is 3. The quantitative estimate of drug-likeness (QED) is 0.907. The Labute approximate surface area is 112 Å². The van der Waals surface area contributed by atoms with Crippen molar-refractivity contribution in [2.75, 3.05) is 6.54 Å². The van der Waals surface area contributed by atoms with Gasteiger partial charge in [-0.25, -0.2) is 0 Å². The number of amides is 1. The van der Waals surface area contributed by atoms with E-state index in [1.807, 2.05) is 13.8 Å². The van der Waals surface area contributed by atoms with Crippen LogP contribution >= 0.6 is 27.3 Å². The van der Waals surface area contributed by atoms with Gasteiger partial charge in [0.05, 0.1) is 8.66 Å². The summed E-state index contributed by atoms with van der Waals surface area (Å²) >= 11 is 4.60. The SMILES string of the molecule is CCC(C)N(CC(=O)O)C(=O)c1ccc(Br)s1. The van der Waals surface area contributed by atoms with Crippen LogP contribution in [-0.2, 0) is 4.79 Å².